The summed E-state index contributed by atoms with van der Waals surface area (Å²) in [4.78, 5) is 23.4. The smallest absolute Gasteiger partial charge is 0.258 e. The lowest BCUT2D eigenvalue weighted by molar-refractivity contribution is -0.128. The molecular formula is C13H18N2O4. The minimum Gasteiger partial charge on any atom is -0.507 e. The summed E-state index contributed by atoms with van der Waals surface area (Å²) in [5.41, 5.74) is -0.986. The predicted octanol–water partition coefficient (Wildman–Crippen LogP) is 0.600. The molecule has 0 aliphatic rings. The molecule has 1 aromatic carbocycles. The first-order valence-corrected chi connectivity index (χ1v) is 5.81. The van der Waals surface area contributed by atoms with E-state index >= 15 is 0 Å². The molecule has 1 aromatic rings. The fourth-order valence-corrected chi connectivity index (χ4v) is 1.57. The van der Waals surface area contributed by atoms with E-state index in [1.807, 2.05) is 0 Å². The normalized spacial score (nSPS) is 10.9. The number of aromatic hydroxyl groups is 2. The molecule has 0 aliphatic heterocycles. The van der Waals surface area contributed by atoms with Crippen molar-refractivity contribution in [3.05, 3.63) is 23.8 Å². The Hall–Kier alpha value is -2.24. The molecule has 0 aliphatic carbocycles. The van der Waals surface area contributed by atoms with Gasteiger partial charge in [0.2, 0.25) is 5.91 Å². The number of carbonyl (C=O) groups is 2. The van der Waals surface area contributed by atoms with Crippen molar-refractivity contribution >= 4 is 11.8 Å². The summed E-state index contributed by atoms with van der Waals surface area (Å²) in [5, 5.41) is 24.1. The molecule has 0 radical (unpaired) electrons. The maximum atomic E-state index is 11.9. The molecule has 6 heteroatoms. The van der Waals surface area contributed by atoms with Crippen molar-refractivity contribution in [1.82, 2.24) is 10.6 Å². The van der Waals surface area contributed by atoms with Gasteiger partial charge >= 0.3 is 0 Å². The Labute approximate surface area is 111 Å². The Morgan fingerprint density at radius 3 is 2.21 bits per heavy atom. The van der Waals surface area contributed by atoms with Crippen LogP contribution in [-0.2, 0) is 4.79 Å². The number of amides is 2. The number of hydrogen-bond acceptors (Lipinski definition) is 4. The van der Waals surface area contributed by atoms with Gasteiger partial charge in [0.25, 0.3) is 5.91 Å². The van der Waals surface area contributed by atoms with Crippen molar-refractivity contribution < 1.29 is 19.8 Å². The van der Waals surface area contributed by atoms with Crippen LogP contribution in [0, 0.1) is 5.41 Å². The molecule has 104 valence electrons. The first-order valence-electron chi connectivity index (χ1n) is 5.81. The topological polar surface area (TPSA) is 98.7 Å². The lowest BCUT2D eigenvalue weighted by Gasteiger charge is -2.23. The lowest BCUT2D eigenvalue weighted by atomic mass is 9.92. The largest absolute Gasteiger partial charge is 0.507 e. The summed E-state index contributed by atoms with van der Waals surface area (Å²) in [7, 11) is 1.51. The Morgan fingerprint density at radius 2 is 1.74 bits per heavy atom. The zero-order valence-corrected chi connectivity index (χ0v) is 11.2. The van der Waals surface area contributed by atoms with Gasteiger partial charge in [-0.15, -0.1) is 0 Å². The Morgan fingerprint density at radius 1 is 1.21 bits per heavy atom. The quantitative estimate of drug-likeness (QED) is 0.641. The Balaban J connectivity index is 2.79. The van der Waals surface area contributed by atoms with E-state index in [2.05, 4.69) is 10.6 Å². The summed E-state index contributed by atoms with van der Waals surface area (Å²) in [6.07, 6.45) is 0. The molecular weight excluding hydrogens is 248 g/mol. The monoisotopic (exact) mass is 266 g/mol. The van der Waals surface area contributed by atoms with Crippen molar-refractivity contribution in [3.63, 3.8) is 0 Å². The second-order valence-electron chi connectivity index (χ2n) is 4.82. The molecule has 0 heterocycles. The van der Waals surface area contributed by atoms with Crippen LogP contribution in [0.4, 0.5) is 0 Å². The summed E-state index contributed by atoms with van der Waals surface area (Å²) in [6, 6.07) is 4.03. The van der Waals surface area contributed by atoms with E-state index in [0.717, 1.165) is 0 Å². The minimum atomic E-state index is -0.787. The lowest BCUT2D eigenvalue weighted by Crippen LogP contribution is -2.43. The fourth-order valence-electron chi connectivity index (χ4n) is 1.57. The van der Waals surface area contributed by atoms with Crippen molar-refractivity contribution in [3.8, 4) is 11.5 Å². The van der Waals surface area contributed by atoms with Crippen molar-refractivity contribution in [1.29, 1.82) is 0 Å². The third-order valence-corrected chi connectivity index (χ3v) is 2.78. The highest BCUT2D eigenvalue weighted by Gasteiger charge is 2.28. The van der Waals surface area contributed by atoms with Crippen LogP contribution in [0.2, 0.25) is 0 Å². The average molecular weight is 266 g/mol. The fraction of sp³-hybridized carbons (Fsp3) is 0.385. The molecule has 0 unspecified atom stereocenters. The van der Waals surface area contributed by atoms with Crippen LogP contribution >= 0.6 is 0 Å². The molecule has 6 nitrogen and oxygen atoms in total. The molecule has 0 spiro atoms. The van der Waals surface area contributed by atoms with Crippen molar-refractivity contribution in [2.75, 3.05) is 13.6 Å². The van der Waals surface area contributed by atoms with Crippen LogP contribution in [0.15, 0.2) is 18.2 Å². The highest BCUT2D eigenvalue weighted by molar-refractivity contribution is 5.99. The van der Waals surface area contributed by atoms with Gasteiger partial charge in [-0.1, -0.05) is 6.07 Å². The van der Waals surface area contributed by atoms with Crippen molar-refractivity contribution in [2.24, 2.45) is 5.41 Å². The summed E-state index contributed by atoms with van der Waals surface area (Å²) >= 11 is 0. The second-order valence-corrected chi connectivity index (χ2v) is 4.82. The van der Waals surface area contributed by atoms with Crippen LogP contribution in [-0.4, -0.2) is 35.6 Å². The third kappa shape index (κ3) is 3.37. The van der Waals surface area contributed by atoms with E-state index < -0.39 is 11.3 Å². The molecule has 19 heavy (non-hydrogen) atoms. The van der Waals surface area contributed by atoms with Gasteiger partial charge in [-0.3, -0.25) is 9.59 Å². The number of phenols is 2. The molecule has 2 amide bonds. The number of carbonyl (C=O) groups excluding carboxylic acids is 2. The van der Waals surface area contributed by atoms with Crippen molar-refractivity contribution in [2.45, 2.75) is 13.8 Å². The van der Waals surface area contributed by atoms with Gasteiger partial charge in [-0.25, -0.2) is 0 Å². The molecule has 0 saturated carbocycles. The molecule has 4 N–H and O–H groups in total. The number of nitrogens with one attached hydrogen (secondary N) is 2. The number of benzene rings is 1. The predicted molar refractivity (Wildman–Crippen MR) is 70.0 cm³/mol. The van der Waals surface area contributed by atoms with E-state index in [1.54, 1.807) is 13.8 Å². The molecule has 0 aromatic heterocycles. The first-order chi connectivity index (χ1) is 8.79. The molecule has 0 bridgehead atoms. The van der Waals surface area contributed by atoms with Gasteiger partial charge in [0.1, 0.15) is 17.1 Å². The second kappa shape index (κ2) is 5.60. The average Bonchev–Trinajstić information content (AvgIpc) is 2.35. The van der Waals surface area contributed by atoms with E-state index in [-0.39, 0.29) is 29.5 Å². The van der Waals surface area contributed by atoms with Crippen LogP contribution < -0.4 is 10.6 Å². The van der Waals surface area contributed by atoms with Crippen LogP contribution in [0.5, 0.6) is 11.5 Å². The van der Waals surface area contributed by atoms with E-state index in [0.29, 0.717) is 0 Å². The molecule has 0 fully saturated rings. The Bertz CT molecular complexity index is 477. The van der Waals surface area contributed by atoms with Gasteiger partial charge < -0.3 is 20.8 Å². The van der Waals surface area contributed by atoms with E-state index in [4.69, 9.17) is 0 Å². The van der Waals surface area contributed by atoms with E-state index in [9.17, 15) is 19.8 Å². The van der Waals surface area contributed by atoms with Crippen LogP contribution in [0.3, 0.4) is 0 Å². The minimum absolute atomic E-state index is 0.0826. The van der Waals surface area contributed by atoms with Gasteiger partial charge in [-0.2, -0.15) is 0 Å². The third-order valence-electron chi connectivity index (χ3n) is 2.78. The maximum Gasteiger partial charge on any atom is 0.258 e. The number of phenolic OH excluding ortho intramolecular Hbond substituents is 2. The van der Waals surface area contributed by atoms with Crippen LogP contribution in [0.25, 0.3) is 0 Å². The summed E-state index contributed by atoms with van der Waals surface area (Å²) < 4.78 is 0. The highest BCUT2D eigenvalue weighted by Crippen LogP contribution is 2.26. The zero-order chi connectivity index (χ0) is 14.6. The number of rotatable bonds is 4. The van der Waals surface area contributed by atoms with Gasteiger partial charge in [-0.05, 0) is 26.0 Å². The maximum absolute atomic E-state index is 11.9. The SMILES string of the molecule is CNC(=O)C(C)(C)CNC(=O)c1c(O)cccc1O. The summed E-state index contributed by atoms with van der Waals surface area (Å²) in [6.45, 7) is 3.44. The van der Waals surface area contributed by atoms with Crippen LogP contribution in [0.1, 0.15) is 24.2 Å². The molecule has 1 rings (SSSR count). The molecule has 0 saturated heterocycles. The number of hydrogen-bond donors (Lipinski definition) is 4. The van der Waals surface area contributed by atoms with Gasteiger partial charge in [0, 0.05) is 13.6 Å². The standard InChI is InChI=1S/C13H18N2O4/c1-13(2,12(19)14-3)7-15-11(18)10-8(16)5-4-6-9(10)17/h4-6,16-17H,7H2,1-3H3,(H,14,19)(H,15,18). The molecule has 0 atom stereocenters. The first kappa shape index (κ1) is 14.8. The van der Waals surface area contributed by atoms with Gasteiger partial charge in [0.05, 0.1) is 5.41 Å². The van der Waals surface area contributed by atoms with E-state index in [1.165, 1.54) is 25.2 Å². The van der Waals surface area contributed by atoms with Gasteiger partial charge in [0.15, 0.2) is 0 Å². The highest BCUT2D eigenvalue weighted by atomic mass is 16.3. The Kier molecular flexibility index (Phi) is 4.37. The summed E-state index contributed by atoms with van der Waals surface area (Å²) in [5.74, 6) is -1.47. The zero-order valence-electron chi connectivity index (χ0n) is 11.2.